The van der Waals surface area contributed by atoms with Crippen LogP contribution in [0.25, 0.3) is 0 Å². The zero-order valence-electron chi connectivity index (χ0n) is 55.4. The molecule has 0 radical (unpaired) electrons. The number of hydrogen-bond acceptors (Lipinski definition) is 15. The van der Waals surface area contributed by atoms with Gasteiger partial charge < -0.3 is 33.8 Å². The monoisotopic (exact) mass is 1270 g/mol. The number of hydrogen-bond donors (Lipinski definition) is 3. The summed E-state index contributed by atoms with van der Waals surface area (Å²) in [4.78, 5) is 72.2. The van der Waals surface area contributed by atoms with Gasteiger partial charge in [0.05, 0.1) is 26.4 Å². The molecule has 0 saturated heterocycles. The van der Waals surface area contributed by atoms with Gasteiger partial charge in [-0.1, -0.05) is 291 Å². The molecule has 17 nitrogen and oxygen atoms in total. The summed E-state index contributed by atoms with van der Waals surface area (Å²) in [6.45, 7) is 7.15. The number of carbonyl (C=O) groups excluding carboxylic acids is 4. The van der Waals surface area contributed by atoms with E-state index in [1.807, 2.05) is 0 Å². The molecular weight excluding hydrogens is 1140 g/mol. The van der Waals surface area contributed by atoms with Crippen LogP contribution in [-0.2, 0) is 65.4 Å². The molecule has 0 fully saturated rings. The number of ether oxygens (including phenoxy) is 4. The van der Waals surface area contributed by atoms with Crippen molar-refractivity contribution in [2.45, 2.75) is 361 Å². The molecular formula is C67H130O17P2. The highest BCUT2D eigenvalue weighted by atomic mass is 31.2. The van der Waals surface area contributed by atoms with Gasteiger partial charge in [-0.05, 0) is 31.6 Å². The summed E-state index contributed by atoms with van der Waals surface area (Å²) in [5.41, 5.74) is 0. The highest BCUT2D eigenvalue weighted by molar-refractivity contribution is 7.47. The molecule has 0 aromatic rings. The molecule has 86 heavy (non-hydrogen) atoms. The number of phosphoric ester groups is 2. The highest BCUT2D eigenvalue weighted by Crippen LogP contribution is 2.45. The van der Waals surface area contributed by atoms with Gasteiger partial charge in [0.1, 0.15) is 19.3 Å². The standard InChI is InChI=1S/C67H130O17P2/c1-6-9-12-15-17-19-21-23-25-28-32-36-41-46-51-65(70)78-57-63(84-67(72)53-48-43-38-34-30-26-27-31-35-40-44-49-60(4)5)59-82-86(75,76)80-55-61(68)54-79-85(73,74)81-58-62(56-77-64(69)50-45-39-14-11-8-3)83-66(71)52-47-42-37-33-29-24-22-20-18-16-13-10-7-2/h60-63,68H,6-59H2,1-5H3,(H,73,74)(H,75,76)/t61-,62+,63+/m0/s1. The molecule has 3 N–H and O–H groups in total. The third-order valence-electron chi connectivity index (χ3n) is 15.5. The Labute approximate surface area is 524 Å². The first-order valence-corrected chi connectivity index (χ1v) is 38.1. The third kappa shape index (κ3) is 60.9. The normalized spacial score (nSPS) is 14.2. The average Bonchev–Trinajstić information content (AvgIpc) is 3.66. The Morgan fingerprint density at radius 1 is 0.314 bits per heavy atom. The predicted molar refractivity (Wildman–Crippen MR) is 345 cm³/mol. The van der Waals surface area contributed by atoms with Gasteiger partial charge in [0.25, 0.3) is 0 Å². The molecule has 0 heterocycles. The molecule has 0 rings (SSSR count). The van der Waals surface area contributed by atoms with Crippen molar-refractivity contribution in [3.63, 3.8) is 0 Å². The molecule has 0 aliphatic rings. The Balaban J connectivity index is 5.17. The minimum atomic E-state index is -4.95. The first-order chi connectivity index (χ1) is 41.5. The second-order valence-electron chi connectivity index (χ2n) is 24.7. The lowest BCUT2D eigenvalue weighted by Gasteiger charge is -2.21. The SMILES string of the molecule is CCCCCCCCCCCCCCCCC(=O)OC[C@H](COP(=O)(O)OC[C@@H](O)COP(=O)(O)OC[C@@H](COC(=O)CCCCCCC)OC(=O)CCCCCCCCCCCCCCC)OC(=O)CCCCCCCCCCCCCC(C)C. The van der Waals surface area contributed by atoms with Gasteiger partial charge in [0, 0.05) is 25.7 Å². The average molecular weight is 1270 g/mol. The molecule has 0 aliphatic heterocycles. The van der Waals surface area contributed by atoms with Crippen LogP contribution in [0, 0.1) is 5.92 Å². The van der Waals surface area contributed by atoms with E-state index in [9.17, 15) is 43.2 Å². The van der Waals surface area contributed by atoms with Crippen LogP contribution in [-0.4, -0.2) is 96.7 Å². The van der Waals surface area contributed by atoms with Crippen molar-refractivity contribution in [2.75, 3.05) is 39.6 Å². The Morgan fingerprint density at radius 3 is 0.791 bits per heavy atom. The molecule has 0 aliphatic carbocycles. The number of esters is 4. The van der Waals surface area contributed by atoms with Crippen LogP contribution < -0.4 is 0 Å². The zero-order valence-corrected chi connectivity index (χ0v) is 57.2. The van der Waals surface area contributed by atoms with E-state index in [2.05, 4.69) is 34.6 Å². The summed E-state index contributed by atoms with van der Waals surface area (Å²) in [5, 5.41) is 10.5. The van der Waals surface area contributed by atoms with Crippen molar-refractivity contribution in [1.29, 1.82) is 0 Å². The van der Waals surface area contributed by atoms with Crippen LogP contribution in [0.2, 0.25) is 0 Å². The molecule has 19 heteroatoms. The Bertz CT molecular complexity index is 1670. The van der Waals surface area contributed by atoms with Crippen LogP contribution in [0.15, 0.2) is 0 Å². The molecule has 510 valence electrons. The van der Waals surface area contributed by atoms with Gasteiger partial charge in [-0.2, -0.15) is 0 Å². The van der Waals surface area contributed by atoms with Crippen molar-refractivity contribution >= 4 is 39.5 Å². The predicted octanol–water partition coefficient (Wildman–Crippen LogP) is 19.0. The lowest BCUT2D eigenvalue weighted by Crippen LogP contribution is -2.30. The number of unbranched alkanes of at least 4 members (excludes halogenated alkanes) is 39. The summed E-state index contributed by atoms with van der Waals surface area (Å²) in [7, 11) is -9.88. The highest BCUT2D eigenvalue weighted by Gasteiger charge is 2.30. The molecule has 0 amide bonds. The Morgan fingerprint density at radius 2 is 0.535 bits per heavy atom. The van der Waals surface area contributed by atoms with Crippen LogP contribution >= 0.6 is 15.6 Å². The first-order valence-electron chi connectivity index (χ1n) is 35.1. The van der Waals surface area contributed by atoms with E-state index >= 15 is 0 Å². The minimum absolute atomic E-state index is 0.107. The lowest BCUT2D eigenvalue weighted by molar-refractivity contribution is -0.161. The van der Waals surface area contributed by atoms with E-state index in [0.29, 0.717) is 25.7 Å². The quantitative estimate of drug-likeness (QED) is 0.0222. The van der Waals surface area contributed by atoms with Crippen molar-refractivity contribution < 1.29 is 80.2 Å². The Hall–Kier alpha value is -1.94. The van der Waals surface area contributed by atoms with Crippen molar-refractivity contribution in [1.82, 2.24) is 0 Å². The van der Waals surface area contributed by atoms with Crippen molar-refractivity contribution in [3.05, 3.63) is 0 Å². The number of aliphatic hydroxyl groups excluding tert-OH is 1. The maximum Gasteiger partial charge on any atom is 0.472 e. The smallest absolute Gasteiger partial charge is 0.462 e. The zero-order chi connectivity index (χ0) is 63.5. The molecule has 0 bridgehead atoms. The van der Waals surface area contributed by atoms with Crippen molar-refractivity contribution in [2.24, 2.45) is 5.92 Å². The van der Waals surface area contributed by atoms with Crippen LogP contribution in [0.5, 0.6) is 0 Å². The van der Waals surface area contributed by atoms with E-state index in [1.54, 1.807) is 0 Å². The lowest BCUT2D eigenvalue weighted by atomic mass is 10.0. The molecule has 0 saturated carbocycles. The first kappa shape index (κ1) is 84.1. The number of aliphatic hydroxyl groups is 1. The van der Waals surface area contributed by atoms with Crippen LogP contribution in [0.3, 0.4) is 0 Å². The van der Waals surface area contributed by atoms with Crippen LogP contribution in [0.1, 0.15) is 343 Å². The van der Waals surface area contributed by atoms with Gasteiger partial charge in [-0.15, -0.1) is 0 Å². The van der Waals surface area contributed by atoms with E-state index in [-0.39, 0.29) is 25.7 Å². The van der Waals surface area contributed by atoms with Gasteiger partial charge in [0.2, 0.25) is 0 Å². The minimum Gasteiger partial charge on any atom is -0.462 e. The maximum absolute atomic E-state index is 13.0. The summed E-state index contributed by atoms with van der Waals surface area (Å²) in [6, 6.07) is 0. The summed E-state index contributed by atoms with van der Waals surface area (Å²) < 4.78 is 68.0. The van der Waals surface area contributed by atoms with Gasteiger partial charge in [0.15, 0.2) is 12.2 Å². The second-order valence-corrected chi connectivity index (χ2v) is 27.6. The summed E-state index contributed by atoms with van der Waals surface area (Å²) in [5.74, 6) is -1.37. The van der Waals surface area contributed by atoms with Gasteiger partial charge in [-0.25, -0.2) is 9.13 Å². The fourth-order valence-corrected chi connectivity index (χ4v) is 11.7. The molecule has 0 aromatic heterocycles. The number of carbonyl (C=O) groups is 4. The topological polar surface area (TPSA) is 237 Å². The van der Waals surface area contributed by atoms with E-state index < -0.39 is 97.5 Å². The third-order valence-corrected chi connectivity index (χ3v) is 17.4. The summed E-state index contributed by atoms with van der Waals surface area (Å²) >= 11 is 0. The second kappa shape index (κ2) is 60.6. The number of phosphoric acid groups is 2. The van der Waals surface area contributed by atoms with Crippen molar-refractivity contribution in [3.8, 4) is 0 Å². The fraction of sp³-hybridized carbons (Fsp3) is 0.940. The molecule has 2 unspecified atom stereocenters. The number of rotatable bonds is 67. The molecule has 0 spiro atoms. The van der Waals surface area contributed by atoms with E-state index in [1.165, 1.54) is 161 Å². The van der Waals surface area contributed by atoms with Gasteiger partial charge in [-0.3, -0.25) is 37.3 Å². The van der Waals surface area contributed by atoms with Gasteiger partial charge >= 0.3 is 39.5 Å². The fourth-order valence-electron chi connectivity index (χ4n) is 10.1. The Kier molecular flexibility index (Phi) is 59.2. The van der Waals surface area contributed by atoms with Crippen LogP contribution in [0.4, 0.5) is 0 Å². The van der Waals surface area contributed by atoms with E-state index in [4.69, 9.17) is 37.0 Å². The molecule has 0 aromatic carbocycles. The molecule has 5 atom stereocenters. The largest absolute Gasteiger partial charge is 0.472 e. The summed E-state index contributed by atoms with van der Waals surface area (Å²) in [6.07, 6.45) is 46.0. The maximum atomic E-state index is 13.0. The van der Waals surface area contributed by atoms with E-state index in [0.717, 1.165) is 102 Å².